The second-order valence-corrected chi connectivity index (χ2v) is 6.39. The van der Waals surface area contributed by atoms with Gasteiger partial charge in [0, 0.05) is 18.7 Å². The van der Waals surface area contributed by atoms with Crippen LogP contribution >= 0.6 is 0 Å². The zero-order chi connectivity index (χ0) is 16.5. The Kier molecular flexibility index (Phi) is 7.96. The molecule has 4 heteroatoms. The summed E-state index contributed by atoms with van der Waals surface area (Å²) in [7, 11) is 0. The van der Waals surface area contributed by atoms with Gasteiger partial charge in [0.05, 0.1) is 0 Å². The van der Waals surface area contributed by atoms with E-state index >= 15 is 0 Å². The summed E-state index contributed by atoms with van der Waals surface area (Å²) in [6.45, 7) is 8.48. The van der Waals surface area contributed by atoms with Crippen molar-refractivity contribution in [1.82, 2.24) is 10.6 Å². The molecule has 0 aromatic heterocycles. The van der Waals surface area contributed by atoms with Crippen LogP contribution in [-0.4, -0.2) is 29.8 Å². The van der Waals surface area contributed by atoms with E-state index in [1.807, 2.05) is 13.8 Å². The summed E-state index contributed by atoms with van der Waals surface area (Å²) in [6.07, 6.45) is 2.31. The Bertz CT molecular complexity index is 443. The summed E-state index contributed by atoms with van der Waals surface area (Å²) in [6, 6.07) is 8.59. The van der Waals surface area contributed by atoms with Gasteiger partial charge in [0.2, 0.25) is 0 Å². The Labute approximate surface area is 134 Å². The van der Waals surface area contributed by atoms with E-state index in [0.717, 1.165) is 12.8 Å². The van der Waals surface area contributed by atoms with Gasteiger partial charge in [-0.1, -0.05) is 38.1 Å². The lowest BCUT2D eigenvalue weighted by atomic mass is 9.99. The van der Waals surface area contributed by atoms with Crippen molar-refractivity contribution in [1.29, 1.82) is 0 Å². The molecule has 2 atom stereocenters. The summed E-state index contributed by atoms with van der Waals surface area (Å²) in [5.41, 5.74) is 2.56. The number of carbonyl (C=O) groups excluding carboxylic acids is 1. The van der Waals surface area contributed by atoms with Gasteiger partial charge < -0.3 is 15.7 Å². The molecule has 2 unspecified atom stereocenters. The standard InChI is InChI=1S/C18H30N2O2/c1-13(2)17-9-7-16(8-10-17)12-15(4)20-18(22)19-14(3)6-5-11-21/h7-10,13-15,21H,5-6,11-12H2,1-4H3,(H2,19,20,22). The summed E-state index contributed by atoms with van der Waals surface area (Å²) in [5.74, 6) is 0.538. The van der Waals surface area contributed by atoms with Gasteiger partial charge in [-0.25, -0.2) is 4.79 Å². The third-order valence-electron chi connectivity index (χ3n) is 3.74. The van der Waals surface area contributed by atoms with Gasteiger partial charge in [0.15, 0.2) is 0 Å². The van der Waals surface area contributed by atoms with Crippen molar-refractivity contribution < 1.29 is 9.90 Å². The molecule has 1 aromatic rings. The van der Waals surface area contributed by atoms with Crippen molar-refractivity contribution in [3.8, 4) is 0 Å². The predicted octanol–water partition coefficient (Wildman–Crippen LogP) is 3.20. The normalized spacial score (nSPS) is 13.7. The van der Waals surface area contributed by atoms with Crippen LogP contribution in [-0.2, 0) is 6.42 Å². The smallest absolute Gasteiger partial charge is 0.315 e. The maximum Gasteiger partial charge on any atom is 0.315 e. The van der Waals surface area contributed by atoms with Crippen LogP contribution in [0, 0.1) is 0 Å². The fraction of sp³-hybridized carbons (Fsp3) is 0.611. The van der Waals surface area contributed by atoms with Crippen LogP contribution in [0.5, 0.6) is 0 Å². The fourth-order valence-corrected chi connectivity index (χ4v) is 2.40. The van der Waals surface area contributed by atoms with Crippen LogP contribution in [0.1, 0.15) is 57.6 Å². The highest BCUT2D eigenvalue weighted by atomic mass is 16.3. The molecule has 3 N–H and O–H groups in total. The maximum absolute atomic E-state index is 11.9. The quantitative estimate of drug-likeness (QED) is 0.690. The number of nitrogens with one attached hydrogen (secondary N) is 2. The predicted molar refractivity (Wildman–Crippen MR) is 91.1 cm³/mol. The van der Waals surface area contributed by atoms with Crippen molar-refractivity contribution >= 4 is 6.03 Å². The van der Waals surface area contributed by atoms with E-state index < -0.39 is 0 Å². The average Bonchev–Trinajstić information content (AvgIpc) is 2.45. The maximum atomic E-state index is 11.9. The van der Waals surface area contributed by atoms with Gasteiger partial charge in [0.1, 0.15) is 0 Å². The average molecular weight is 306 g/mol. The minimum atomic E-state index is -0.142. The molecule has 0 saturated heterocycles. The molecule has 0 aliphatic carbocycles. The third kappa shape index (κ3) is 6.94. The molecule has 0 aliphatic rings. The number of urea groups is 1. The lowest BCUT2D eigenvalue weighted by Gasteiger charge is -2.18. The summed E-state index contributed by atoms with van der Waals surface area (Å²) in [4.78, 5) is 11.9. The first kappa shape index (κ1) is 18.5. The van der Waals surface area contributed by atoms with Gasteiger partial charge in [-0.2, -0.15) is 0 Å². The van der Waals surface area contributed by atoms with E-state index in [1.54, 1.807) is 0 Å². The molecule has 0 spiro atoms. The number of hydrogen-bond donors (Lipinski definition) is 3. The molecule has 0 bridgehead atoms. The van der Waals surface area contributed by atoms with Gasteiger partial charge in [-0.05, 0) is 50.2 Å². The van der Waals surface area contributed by atoms with Crippen molar-refractivity contribution in [2.24, 2.45) is 0 Å². The Hall–Kier alpha value is -1.55. The number of hydrogen-bond acceptors (Lipinski definition) is 2. The second kappa shape index (κ2) is 9.46. The molecular weight excluding hydrogens is 276 g/mol. The van der Waals surface area contributed by atoms with Crippen molar-refractivity contribution in [2.45, 2.75) is 65.0 Å². The molecule has 0 saturated carbocycles. The molecule has 0 fully saturated rings. The van der Waals surface area contributed by atoms with Crippen molar-refractivity contribution in [3.63, 3.8) is 0 Å². The fourth-order valence-electron chi connectivity index (χ4n) is 2.40. The van der Waals surface area contributed by atoms with Crippen molar-refractivity contribution in [3.05, 3.63) is 35.4 Å². The summed E-state index contributed by atoms with van der Waals surface area (Å²) >= 11 is 0. The molecule has 0 heterocycles. The minimum absolute atomic E-state index is 0.0738. The lowest BCUT2D eigenvalue weighted by Crippen LogP contribution is -2.45. The van der Waals surface area contributed by atoms with Gasteiger partial charge in [0.25, 0.3) is 0 Å². The number of benzene rings is 1. The van der Waals surface area contributed by atoms with Crippen LogP contribution in [0.2, 0.25) is 0 Å². The van der Waals surface area contributed by atoms with Crippen LogP contribution in [0.4, 0.5) is 4.79 Å². The largest absolute Gasteiger partial charge is 0.396 e. The van der Waals surface area contributed by atoms with Crippen LogP contribution in [0.25, 0.3) is 0 Å². The molecule has 124 valence electrons. The van der Waals surface area contributed by atoms with E-state index in [-0.39, 0.29) is 24.7 Å². The molecular formula is C18H30N2O2. The van der Waals surface area contributed by atoms with Crippen LogP contribution < -0.4 is 10.6 Å². The molecule has 0 radical (unpaired) electrons. The van der Waals surface area contributed by atoms with Crippen molar-refractivity contribution in [2.75, 3.05) is 6.61 Å². The highest BCUT2D eigenvalue weighted by Crippen LogP contribution is 2.15. The third-order valence-corrected chi connectivity index (χ3v) is 3.74. The number of amides is 2. The molecule has 0 aliphatic heterocycles. The van der Waals surface area contributed by atoms with Gasteiger partial charge in [-0.15, -0.1) is 0 Å². The van der Waals surface area contributed by atoms with Gasteiger partial charge >= 0.3 is 6.03 Å². The number of carbonyl (C=O) groups is 1. The first-order valence-electron chi connectivity index (χ1n) is 8.19. The SMILES string of the molecule is CC(CCCO)NC(=O)NC(C)Cc1ccc(C(C)C)cc1. The Morgan fingerprint density at radius 3 is 2.18 bits per heavy atom. The highest BCUT2D eigenvalue weighted by Gasteiger charge is 2.11. The zero-order valence-corrected chi connectivity index (χ0v) is 14.2. The topological polar surface area (TPSA) is 61.4 Å². The molecule has 2 amide bonds. The summed E-state index contributed by atoms with van der Waals surface area (Å²) in [5, 5.41) is 14.6. The Morgan fingerprint density at radius 2 is 1.64 bits per heavy atom. The van der Waals surface area contributed by atoms with E-state index in [0.29, 0.717) is 12.3 Å². The number of aliphatic hydroxyl groups is 1. The van der Waals surface area contributed by atoms with Crippen LogP contribution in [0.15, 0.2) is 24.3 Å². The lowest BCUT2D eigenvalue weighted by molar-refractivity contribution is 0.231. The first-order valence-corrected chi connectivity index (χ1v) is 8.19. The van der Waals surface area contributed by atoms with Gasteiger partial charge in [-0.3, -0.25) is 0 Å². The first-order chi connectivity index (χ1) is 10.4. The monoisotopic (exact) mass is 306 g/mol. The number of aliphatic hydroxyl groups excluding tert-OH is 1. The molecule has 22 heavy (non-hydrogen) atoms. The summed E-state index contributed by atoms with van der Waals surface area (Å²) < 4.78 is 0. The van der Waals surface area contributed by atoms with E-state index in [2.05, 4.69) is 48.7 Å². The molecule has 4 nitrogen and oxygen atoms in total. The van der Waals surface area contributed by atoms with E-state index in [9.17, 15) is 4.79 Å². The molecule has 1 aromatic carbocycles. The van der Waals surface area contributed by atoms with E-state index in [1.165, 1.54) is 11.1 Å². The van der Waals surface area contributed by atoms with E-state index in [4.69, 9.17) is 5.11 Å². The minimum Gasteiger partial charge on any atom is -0.396 e. The number of rotatable bonds is 8. The Morgan fingerprint density at radius 1 is 1.05 bits per heavy atom. The van der Waals surface area contributed by atoms with Crippen LogP contribution in [0.3, 0.4) is 0 Å². The second-order valence-electron chi connectivity index (χ2n) is 6.39. The highest BCUT2D eigenvalue weighted by molar-refractivity contribution is 5.74. The molecule has 1 rings (SSSR count). The zero-order valence-electron chi connectivity index (χ0n) is 14.2. The Balaban J connectivity index is 2.38.